The first-order chi connectivity index (χ1) is 14.6. The number of amides is 1. The van der Waals surface area contributed by atoms with Crippen LogP contribution in [0.25, 0.3) is 17.2 Å². The van der Waals surface area contributed by atoms with Crippen molar-refractivity contribution in [3.63, 3.8) is 0 Å². The number of hydrogen-bond acceptors (Lipinski definition) is 4. The number of rotatable bonds is 6. The molecule has 0 radical (unpaired) electrons. The molecule has 1 aliphatic carbocycles. The third-order valence-electron chi connectivity index (χ3n) is 5.10. The van der Waals surface area contributed by atoms with Crippen LogP contribution in [-0.2, 0) is 4.74 Å². The molecule has 0 unspecified atom stereocenters. The number of nitrogens with one attached hydrogen (secondary N) is 1. The molecule has 0 aliphatic heterocycles. The Morgan fingerprint density at radius 2 is 1.67 bits per heavy atom. The van der Waals surface area contributed by atoms with E-state index in [1.165, 1.54) is 23.3 Å². The van der Waals surface area contributed by atoms with Crippen molar-refractivity contribution in [2.24, 2.45) is 0 Å². The lowest BCUT2D eigenvalue weighted by molar-refractivity contribution is -0.384. The number of carbonyl (C=O) groups excluding carboxylic acids is 1. The number of non-ortho nitro benzene ring substituents is 1. The molecule has 6 nitrogen and oxygen atoms in total. The Balaban J connectivity index is 1.32. The summed E-state index contributed by atoms with van der Waals surface area (Å²) in [6.45, 7) is 0.522. The molecule has 0 saturated heterocycles. The highest BCUT2D eigenvalue weighted by Gasteiger charge is 2.28. The minimum absolute atomic E-state index is 0.0172. The number of nitro groups is 1. The van der Waals surface area contributed by atoms with Crippen molar-refractivity contribution in [1.29, 1.82) is 0 Å². The Hall–Kier alpha value is -3.93. The third-order valence-corrected chi connectivity index (χ3v) is 5.10. The monoisotopic (exact) mass is 400 g/mol. The maximum Gasteiger partial charge on any atom is 0.407 e. The van der Waals surface area contributed by atoms with Gasteiger partial charge in [0, 0.05) is 24.6 Å². The number of nitro benzene ring substituents is 1. The van der Waals surface area contributed by atoms with Crippen LogP contribution in [0.4, 0.5) is 10.5 Å². The number of ether oxygens (including phenoxy) is 1. The van der Waals surface area contributed by atoms with E-state index < -0.39 is 11.0 Å². The number of fused-ring (bicyclic) bond motifs is 3. The minimum atomic E-state index is -0.499. The normalized spacial score (nSPS) is 12.4. The lowest BCUT2D eigenvalue weighted by Crippen LogP contribution is -2.26. The van der Waals surface area contributed by atoms with E-state index in [0.717, 1.165) is 11.1 Å². The largest absolute Gasteiger partial charge is 0.449 e. The Labute approximate surface area is 174 Å². The predicted octanol–water partition coefficient (Wildman–Crippen LogP) is 5.15. The van der Waals surface area contributed by atoms with E-state index in [-0.39, 0.29) is 24.8 Å². The highest BCUT2D eigenvalue weighted by atomic mass is 16.6. The van der Waals surface area contributed by atoms with Crippen LogP contribution in [0.3, 0.4) is 0 Å². The lowest BCUT2D eigenvalue weighted by Gasteiger charge is -2.14. The molecule has 1 N–H and O–H groups in total. The quantitative estimate of drug-likeness (QED) is 0.458. The van der Waals surface area contributed by atoms with Crippen molar-refractivity contribution in [2.45, 2.75) is 5.92 Å². The molecule has 0 heterocycles. The van der Waals surface area contributed by atoms with Gasteiger partial charge >= 0.3 is 6.09 Å². The summed E-state index contributed by atoms with van der Waals surface area (Å²) in [5, 5.41) is 13.5. The summed E-state index contributed by atoms with van der Waals surface area (Å²) in [6.07, 6.45) is 2.94. The van der Waals surface area contributed by atoms with Gasteiger partial charge in [-0.15, -0.1) is 0 Å². The van der Waals surface area contributed by atoms with Gasteiger partial charge in [-0.2, -0.15) is 0 Å². The van der Waals surface area contributed by atoms with Gasteiger partial charge in [-0.1, -0.05) is 72.8 Å². The molecule has 0 saturated carbocycles. The SMILES string of the molecule is O=C(NCC=Cc1cccc([N+](=O)[O-])c1)OCC1c2ccccc2-c2ccccc21. The van der Waals surface area contributed by atoms with Crippen molar-refractivity contribution in [2.75, 3.05) is 13.2 Å². The second kappa shape index (κ2) is 8.61. The van der Waals surface area contributed by atoms with Gasteiger partial charge in [0.1, 0.15) is 6.61 Å². The summed E-state index contributed by atoms with van der Waals surface area (Å²) in [6, 6.07) is 22.6. The zero-order valence-electron chi connectivity index (χ0n) is 16.2. The van der Waals surface area contributed by atoms with Gasteiger partial charge in [-0.25, -0.2) is 4.79 Å². The van der Waals surface area contributed by atoms with E-state index >= 15 is 0 Å². The fourth-order valence-corrected chi connectivity index (χ4v) is 3.73. The Morgan fingerprint density at radius 3 is 2.33 bits per heavy atom. The van der Waals surface area contributed by atoms with Crippen LogP contribution in [0.2, 0.25) is 0 Å². The molecule has 6 heteroatoms. The van der Waals surface area contributed by atoms with Gasteiger partial charge in [0.25, 0.3) is 5.69 Å². The summed E-state index contributed by atoms with van der Waals surface area (Å²) in [5.41, 5.74) is 5.42. The van der Waals surface area contributed by atoms with Gasteiger partial charge in [0.05, 0.1) is 4.92 Å². The summed E-state index contributed by atoms with van der Waals surface area (Å²) >= 11 is 0. The topological polar surface area (TPSA) is 81.5 Å². The van der Waals surface area contributed by atoms with Crippen molar-refractivity contribution in [1.82, 2.24) is 5.32 Å². The summed E-state index contributed by atoms with van der Waals surface area (Å²) in [7, 11) is 0. The van der Waals surface area contributed by atoms with Gasteiger partial charge < -0.3 is 10.1 Å². The molecular weight excluding hydrogens is 380 g/mol. The second-order valence-electron chi connectivity index (χ2n) is 6.96. The van der Waals surface area contributed by atoms with Crippen molar-refractivity contribution >= 4 is 17.9 Å². The molecular formula is C24H20N2O4. The zero-order chi connectivity index (χ0) is 20.9. The first-order valence-corrected chi connectivity index (χ1v) is 9.63. The molecule has 0 atom stereocenters. The Bertz CT molecular complexity index is 1080. The van der Waals surface area contributed by atoms with Crippen molar-refractivity contribution < 1.29 is 14.5 Å². The molecule has 3 aromatic rings. The maximum absolute atomic E-state index is 12.1. The molecule has 3 aromatic carbocycles. The van der Waals surface area contributed by atoms with Gasteiger partial charge in [0.2, 0.25) is 0 Å². The van der Waals surface area contributed by atoms with Gasteiger partial charge in [0.15, 0.2) is 0 Å². The average Bonchev–Trinajstić information content (AvgIpc) is 3.09. The van der Waals surface area contributed by atoms with Crippen LogP contribution in [0.5, 0.6) is 0 Å². The Kier molecular flexibility index (Phi) is 5.57. The van der Waals surface area contributed by atoms with Crippen LogP contribution < -0.4 is 5.32 Å². The van der Waals surface area contributed by atoms with Crippen molar-refractivity contribution in [3.8, 4) is 11.1 Å². The molecule has 1 aliphatic rings. The fourth-order valence-electron chi connectivity index (χ4n) is 3.73. The molecule has 0 aromatic heterocycles. The number of alkyl carbamates (subject to hydrolysis) is 1. The second-order valence-corrected chi connectivity index (χ2v) is 6.96. The smallest absolute Gasteiger partial charge is 0.407 e. The molecule has 30 heavy (non-hydrogen) atoms. The van der Waals surface area contributed by atoms with Gasteiger partial charge in [-0.05, 0) is 27.8 Å². The Morgan fingerprint density at radius 1 is 1.00 bits per heavy atom. The van der Waals surface area contributed by atoms with E-state index in [1.54, 1.807) is 24.3 Å². The van der Waals surface area contributed by atoms with E-state index in [0.29, 0.717) is 5.56 Å². The van der Waals surface area contributed by atoms with E-state index in [2.05, 4.69) is 29.6 Å². The summed E-state index contributed by atoms with van der Waals surface area (Å²) in [4.78, 5) is 22.5. The van der Waals surface area contributed by atoms with Crippen LogP contribution >= 0.6 is 0 Å². The van der Waals surface area contributed by atoms with Crippen LogP contribution in [-0.4, -0.2) is 24.2 Å². The molecule has 1 amide bonds. The first kappa shape index (κ1) is 19.4. The van der Waals surface area contributed by atoms with Crippen molar-refractivity contribution in [3.05, 3.63) is 106 Å². The molecule has 0 fully saturated rings. The highest BCUT2D eigenvalue weighted by Crippen LogP contribution is 2.44. The van der Waals surface area contributed by atoms with E-state index in [1.807, 2.05) is 24.3 Å². The average molecular weight is 400 g/mol. The molecule has 0 bridgehead atoms. The van der Waals surface area contributed by atoms with Crippen LogP contribution in [0.1, 0.15) is 22.6 Å². The number of carbonyl (C=O) groups is 1. The van der Waals surface area contributed by atoms with Crippen LogP contribution in [0.15, 0.2) is 78.9 Å². The lowest BCUT2D eigenvalue weighted by atomic mass is 9.98. The molecule has 0 spiro atoms. The number of nitrogens with zero attached hydrogens (tertiary/aromatic N) is 1. The number of benzene rings is 3. The first-order valence-electron chi connectivity index (χ1n) is 9.63. The fraction of sp³-hybridized carbons (Fsp3) is 0.125. The summed E-state index contributed by atoms with van der Waals surface area (Å²) in [5.74, 6) is 0.0172. The standard InChI is InChI=1S/C24H20N2O4/c27-24(25-14-6-8-17-7-5-9-18(15-17)26(28)29)30-16-23-21-12-3-1-10-19(21)20-11-2-4-13-22(20)23/h1-13,15,23H,14,16H2,(H,25,27). The minimum Gasteiger partial charge on any atom is -0.449 e. The van der Waals surface area contributed by atoms with Crippen LogP contribution in [0, 0.1) is 10.1 Å². The number of hydrogen-bond donors (Lipinski definition) is 1. The molecule has 4 rings (SSSR count). The van der Waals surface area contributed by atoms with E-state index in [4.69, 9.17) is 4.74 Å². The third kappa shape index (κ3) is 4.07. The zero-order valence-corrected chi connectivity index (χ0v) is 16.2. The van der Waals surface area contributed by atoms with E-state index in [9.17, 15) is 14.9 Å². The highest BCUT2D eigenvalue weighted by molar-refractivity contribution is 5.79. The molecule has 150 valence electrons. The predicted molar refractivity (Wildman–Crippen MR) is 115 cm³/mol. The summed E-state index contributed by atoms with van der Waals surface area (Å²) < 4.78 is 5.47. The maximum atomic E-state index is 12.1. The van der Waals surface area contributed by atoms with Gasteiger partial charge in [-0.3, -0.25) is 10.1 Å².